The summed E-state index contributed by atoms with van der Waals surface area (Å²) in [4.78, 5) is 10.5. The number of aliphatic carboxylic acids is 1. The highest BCUT2D eigenvalue weighted by molar-refractivity contribution is 5.73. The van der Waals surface area contributed by atoms with Gasteiger partial charge in [0, 0.05) is 6.54 Å². The van der Waals surface area contributed by atoms with E-state index in [2.05, 4.69) is 5.32 Å². The van der Waals surface area contributed by atoms with Crippen molar-refractivity contribution >= 4 is 5.97 Å². The Morgan fingerprint density at radius 1 is 1.50 bits per heavy atom. The number of carboxylic acids is 1. The summed E-state index contributed by atoms with van der Waals surface area (Å²) in [7, 11) is 0. The smallest absolute Gasteiger partial charge is 0.390 e. The summed E-state index contributed by atoms with van der Waals surface area (Å²) in [6.07, 6.45) is -4.27. The lowest BCUT2D eigenvalue weighted by Gasteiger charge is -2.14. The van der Waals surface area contributed by atoms with Crippen molar-refractivity contribution in [1.82, 2.24) is 5.32 Å². The van der Waals surface area contributed by atoms with Crippen LogP contribution in [0.5, 0.6) is 0 Å². The highest BCUT2D eigenvalue weighted by Gasteiger charge is 2.27. The van der Waals surface area contributed by atoms with E-state index in [0.717, 1.165) is 0 Å². The van der Waals surface area contributed by atoms with Gasteiger partial charge in [0.2, 0.25) is 0 Å². The first-order valence-corrected chi connectivity index (χ1v) is 4.39. The Morgan fingerprint density at radius 3 is 2.43 bits per heavy atom. The zero-order chi connectivity index (χ0) is 11.2. The number of alkyl halides is 3. The Labute approximate surface area is 80.3 Å². The number of halogens is 3. The average Bonchev–Trinajstić information content (AvgIpc) is 2.00. The first-order chi connectivity index (χ1) is 6.37. The monoisotopic (exact) mass is 213 g/mol. The molecule has 0 heterocycles. The lowest BCUT2D eigenvalue weighted by atomic mass is 10.1. The molecule has 0 rings (SSSR count). The van der Waals surface area contributed by atoms with Crippen molar-refractivity contribution in [1.29, 1.82) is 0 Å². The Hall–Kier alpha value is -0.780. The molecule has 14 heavy (non-hydrogen) atoms. The Bertz CT molecular complexity index is 182. The summed E-state index contributed by atoms with van der Waals surface area (Å²) in [5, 5.41) is 10.9. The van der Waals surface area contributed by atoms with E-state index in [1.807, 2.05) is 0 Å². The highest BCUT2D eigenvalue weighted by atomic mass is 19.4. The van der Waals surface area contributed by atoms with E-state index in [9.17, 15) is 18.0 Å². The first kappa shape index (κ1) is 13.2. The van der Waals surface area contributed by atoms with E-state index >= 15 is 0 Å². The summed E-state index contributed by atoms with van der Waals surface area (Å²) >= 11 is 0. The molecular formula is C8H14F3NO2. The number of carboxylic acid groups (broad SMARTS) is 1. The van der Waals surface area contributed by atoms with Gasteiger partial charge in [-0.25, -0.2) is 0 Å². The normalized spacial score (nSPS) is 14.0. The lowest BCUT2D eigenvalue weighted by Crippen LogP contribution is -2.38. The molecular weight excluding hydrogens is 199 g/mol. The molecule has 2 N–H and O–H groups in total. The van der Waals surface area contributed by atoms with Gasteiger partial charge < -0.3 is 10.4 Å². The molecule has 0 aromatic carbocycles. The number of rotatable bonds is 6. The molecule has 3 nitrogen and oxygen atoms in total. The molecule has 0 amide bonds. The predicted molar refractivity (Wildman–Crippen MR) is 45.0 cm³/mol. The molecule has 0 radical (unpaired) electrons. The zero-order valence-corrected chi connectivity index (χ0v) is 7.90. The second-order valence-corrected chi connectivity index (χ2v) is 3.00. The summed E-state index contributed by atoms with van der Waals surface area (Å²) in [5.74, 6) is -1.10. The van der Waals surface area contributed by atoms with E-state index < -0.39 is 24.6 Å². The fourth-order valence-electron chi connectivity index (χ4n) is 0.990. The van der Waals surface area contributed by atoms with Crippen LogP contribution in [0.1, 0.15) is 26.2 Å². The Morgan fingerprint density at radius 2 is 2.07 bits per heavy atom. The summed E-state index contributed by atoms with van der Waals surface area (Å²) in [6, 6.07) is -0.873. The fraction of sp³-hybridized carbons (Fsp3) is 0.875. The second kappa shape index (κ2) is 5.85. The van der Waals surface area contributed by atoms with E-state index in [4.69, 9.17) is 5.11 Å². The minimum atomic E-state index is -4.23. The first-order valence-electron chi connectivity index (χ1n) is 4.39. The molecule has 1 unspecified atom stereocenters. The van der Waals surface area contributed by atoms with Crippen molar-refractivity contribution < 1.29 is 23.1 Å². The molecule has 84 valence electrons. The van der Waals surface area contributed by atoms with Gasteiger partial charge in [-0.3, -0.25) is 4.79 Å². The van der Waals surface area contributed by atoms with E-state index in [1.54, 1.807) is 6.92 Å². The molecule has 0 aliphatic rings. The van der Waals surface area contributed by atoms with E-state index in [0.29, 0.717) is 12.8 Å². The third-order valence-electron chi connectivity index (χ3n) is 1.67. The van der Waals surface area contributed by atoms with Crippen LogP contribution >= 0.6 is 0 Å². The van der Waals surface area contributed by atoms with Crippen LogP contribution in [-0.4, -0.2) is 29.8 Å². The molecule has 0 saturated carbocycles. The van der Waals surface area contributed by atoms with Crippen LogP contribution in [-0.2, 0) is 4.79 Å². The fourth-order valence-corrected chi connectivity index (χ4v) is 0.990. The standard InChI is InChI=1S/C8H14F3NO2/c1-2-3-6(7(13)14)12-5-4-8(9,10)11/h6,12H,2-5H2,1H3,(H,13,14). The molecule has 0 bridgehead atoms. The van der Waals surface area contributed by atoms with Crippen LogP contribution in [0.15, 0.2) is 0 Å². The van der Waals surface area contributed by atoms with Gasteiger partial charge >= 0.3 is 12.1 Å². The summed E-state index contributed by atoms with van der Waals surface area (Å²) in [6.45, 7) is 1.43. The maximum Gasteiger partial charge on any atom is 0.390 e. The van der Waals surface area contributed by atoms with Crippen LogP contribution in [0.25, 0.3) is 0 Å². The maximum absolute atomic E-state index is 11.7. The van der Waals surface area contributed by atoms with Crippen molar-refractivity contribution in [2.45, 2.75) is 38.4 Å². The molecule has 0 saturated heterocycles. The van der Waals surface area contributed by atoms with Gasteiger partial charge in [0.05, 0.1) is 6.42 Å². The van der Waals surface area contributed by atoms with Gasteiger partial charge in [-0.1, -0.05) is 13.3 Å². The summed E-state index contributed by atoms with van der Waals surface area (Å²) in [5.41, 5.74) is 0. The number of hydrogen-bond donors (Lipinski definition) is 2. The van der Waals surface area contributed by atoms with Gasteiger partial charge in [0.15, 0.2) is 0 Å². The van der Waals surface area contributed by atoms with Crippen molar-refractivity contribution in [2.24, 2.45) is 0 Å². The summed E-state index contributed by atoms with van der Waals surface area (Å²) < 4.78 is 35.1. The molecule has 0 spiro atoms. The number of hydrogen-bond acceptors (Lipinski definition) is 2. The third kappa shape index (κ3) is 6.71. The topological polar surface area (TPSA) is 49.3 Å². The van der Waals surface area contributed by atoms with Crippen LogP contribution < -0.4 is 5.32 Å². The minimum absolute atomic E-state index is 0.340. The quantitative estimate of drug-likeness (QED) is 0.707. The van der Waals surface area contributed by atoms with E-state index in [-0.39, 0.29) is 6.54 Å². The van der Waals surface area contributed by atoms with Crippen molar-refractivity contribution in [3.63, 3.8) is 0 Å². The van der Waals surface area contributed by atoms with Crippen LogP contribution in [0.2, 0.25) is 0 Å². The Kier molecular flexibility index (Phi) is 5.52. The van der Waals surface area contributed by atoms with Crippen LogP contribution in [0, 0.1) is 0 Å². The maximum atomic E-state index is 11.7. The molecule has 0 fully saturated rings. The molecule has 0 aromatic rings. The molecule has 0 aliphatic carbocycles. The van der Waals surface area contributed by atoms with Gasteiger partial charge in [-0.05, 0) is 6.42 Å². The van der Waals surface area contributed by atoms with E-state index in [1.165, 1.54) is 0 Å². The minimum Gasteiger partial charge on any atom is -0.480 e. The van der Waals surface area contributed by atoms with Gasteiger partial charge in [0.1, 0.15) is 6.04 Å². The highest BCUT2D eigenvalue weighted by Crippen LogP contribution is 2.18. The van der Waals surface area contributed by atoms with Gasteiger partial charge in [0.25, 0.3) is 0 Å². The number of nitrogens with one attached hydrogen (secondary N) is 1. The largest absolute Gasteiger partial charge is 0.480 e. The second-order valence-electron chi connectivity index (χ2n) is 3.00. The molecule has 0 aromatic heterocycles. The van der Waals surface area contributed by atoms with Crippen LogP contribution in [0.3, 0.4) is 0 Å². The molecule has 0 aliphatic heterocycles. The third-order valence-corrected chi connectivity index (χ3v) is 1.67. The van der Waals surface area contributed by atoms with Crippen molar-refractivity contribution in [2.75, 3.05) is 6.54 Å². The van der Waals surface area contributed by atoms with Gasteiger partial charge in [-0.15, -0.1) is 0 Å². The molecule has 1 atom stereocenters. The zero-order valence-electron chi connectivity index (χ0n) is 7.90. The van der Waals surface area contributed by atoms with Gasteiger partial charge in [-0.2, -0.15) is 13.2 Å². The SMILES string of the molecule is CCCC(NCCC(F)(F)F)C(=O)O. The Balaban J connectivity index is 3.77. The van der Waals surface area contributed by atoms with Crippen molar-refractivity contribution in [3.8, 4) is 0 Å². The average molecular weight is 213 g/mol. The number of carbonyl (C=O) groups is 1. The predicted octanol–water partition coefficient (Wildman–Crippen LogP) is 1.78. The molecule has 6 heteroatoms. The van der Waals surface area contributed by atoms with Crippen molar-refractivity contribution in [3.05, 3.63) is 0 Å². The lowest BCUT2D eigenvalue weighted by molar-refractivity contribution is -0.142. The van der Waals surface area contributed by atoms with Crippen LogP contribution in [0.4, 0.5) is 13.2 Å².